The molecule has 1 heterocycles. The van der Waals surface area contributed by atoms with Gasteiger partial charge >= 0.3 is 12.1 Å². The van der Waals surface area contributed by atoms with Gasteiger partial charge in [-0.05, 0) is 18.1 Å². The van der Waals surface area contributed by atoms with Gasteiger partial charge in [0.25, 0.3) is 0 Å². The molecule has 1 N–H and O–H groups in total. The quantitative estimate of drug-likeness (QED) is 0.839. The molecule has 0 aliphatic heterocycles. The van der Waals surface area contributed by atoms with Gasteiger partial charge in [-0.1, -0.05) is 18.2 Å². The SMILES string of the molecule is COC(=O)CC(Cc1ccccc1O)c1nc(C(F)(F)F)cs1. The number of aromatic nitrogens is 1. The first-order valence-electron chi connectivity index (χ1n) is 6.67. The number of alkyl halides is 3. The van der Waals surface area contributed by atoms with E-state index in [4.69, 9.17) is 0 Å². The van der Waals surface area contributed by atoms with Crippen molar-refractivity contribution in [2.24, 2.45) is 0 Å². The molecule has 124 valence electrons. The van der Waals surface area contributed by atoms with Crippen LogP contribution in [-0.4, -0.2) is 23.2 Å². The number of hydrogen-bond donors (Lipinski definition) is 1. The Morgan fingerprint density at radius 1 is 1.39 bits per heavy atom. The summed E-state index contributed by atoms with van der Waals surface area (Å²) in [6.45, 7) is 0. The number of benzene rings is 1. The molecule has 23 heavy (non-hydrogen) atoms. The zero-order valence-electron chi connectivity index (χ0n) is 12.1. The Morgan fingerprint density at radius 3 is 2.65 bits per heavy atom. The number of esters is 1. The molecule has 0 saturated heterocycles. The zero-order chi connectivity index (χ0) is 17.0. The van der Waals surface area contributed by atoms with Crippen molar-refractivity contribution in [2.45, 2.75) is 24.9 Å². The Bertz CT molecular complexity index is 685. The van der Waals surface area contributed by atoms with Gasteiger partial charge in [-0.25, -0.2) is 4.98 Å². The topological polar surface area (TPSA) is 59.4 Å². The van der Waals surface area contributed by atoms with Crippen LogP contribution >= 0.6 is 11.3 Å². The Kier molecular flexibility index (Phi) is 5.25. The van der Waals surface area contributed by atoms with Crippen molar-refractivity contribution >= 4 is 17.3 Å². The van der Waals surface area contributed by atoms with Gasteiger partial charge in [-0.3, -0.25) is 4.79 Å². The van der Waals surface area contributed by atoms with Gasteiger partial charge in [0.05, 0.1) is 18.5 Å². The van der Waals surface area contributed by atoms with Crippen LogP contribution in [0.3, 0.4) is 0 Å². The van der Waals surface area contributed by atoms with Crippen molar-refractivity contribution in [1.29, 1.82) is 0 Å². The van der Waals surface area contributed by atoms with Crippen LogP contribution in [0.25, 0.3) is 0 Å². The predicted molar refractivity (Wildman–Crippen MR) is 78.3 cm³/mol. The van der Waals surface area contributed by atoms with Gasteiger partial charge in [0.1, 0.15) is 5.75 Å². The Morgan fingerprint density at radius 2 is 2.09 bits per heavy atom. The van der Waals surface area contributed by atoms with E-state index in [2.05, 4.69) is 9.72 Å². The normalized spacial score (nSPS) is 12.9. The summed E-state index contributed by atoms with van der Waals surface area (Å²) in [4.78, 5) is 15.1. The lowest BCUT2D eigenvalue weighted by Gasteiger charge is -2.14. The molecule has 1 aromatic carbocycles. The molecule has 2 rings (SSSR count). The fourth-order valence-corrected chi connectivity index (χ4v) is 3.01. The van der Waals surface area contributed by atoms with E-state index in [0.29, 0.717) is 5.56 Å². The van der Waals surface area contributed by atoms with Gasteiger partial charge in [0, 0.05) is 11.3 Å². The van der Waals surface area contributed by atoms with Crippen LogP contribution in [0.4, 0.5) is 13.2 Å². The van der Waals surface area contributed by atoms with E-state index in [0.717, 1.165) is 16.7 Å². The number of nitrogens with zero attached hydrogens (tertiary/aromatic N) is 1. The number of thiazole rings is 1. The van der Waals surface area contributed by atoms with E-state index in [9.17, 15) is 23.1 Å². The van der Waals surface area contributed by atoms with E-state index in [1.165, 1.54) is 13.2 Å². The Hall–Kier alpha value is -2.09. The smallest absolute Gasteiger partial charge is 0.434 e. The molecule has 0 amide bonds. The molecular weight excluding hydrogens is 331 g/mol. The number of carbonyl (C=O) groups excluding carboxylic acids is 1. The van der Waals surface area contributed by atoms with Crippen molar-refractivity contribution in [3.8, 4) is 5.75 Å². The number of hydrogen-bond acceptors (Lipinski definition) is 5. The highest BCUT2D eigenvalue weighted by molar-refractivity contribution is 7.09. The van der Waals surface area contributed by atoms with Crippen molar-refractivity contribution in [3.05, 3.63) is 45.9 Å². The number of halogens is 3. The minimum atomic E-state index is -4.53. The molecule has 1 unspecified atom stereocenters. The van der Waals surface area contributed by atoms with E-state index < -0.39 is 23.8 Å². The molecule has 2 aromatic rings. The van der Waals surface area contributed by atoms with E-state index in [1.807, 2.05) is 0 Å². The first-order valence-corrected chi connectivity index (χ1v) is 7.55. The molecule has 0 saturated carbocycles. The maximum absolute atomic E-state index is 12.7. The summed E-state index contributed by atoms with van der Waals surface area (Å²) < 4.78 is 42.7. The number of rotatable bonds is 5. The van der Waals surface area contributed by atoms with E-state index >= 15 is 0 Å². The van der Waals surface area contributed by atoms with Crippen LogP contribution in [-0.2, 0) is 22.1 Å². The van der Waals surface area contributed by atoms with Gasteiger partial charge in [0.2, 0.25) is 0 Å². The predicted octanol–water partition coefficient (Wildman–Crippen LogP) is 3.76. The maximum atomic E-state index is 12.7. The van der Waals surface area contributed by atoms with Gasteiger partial charge in [0.15, 0.2) is 5.69 Å². The minimum Gasteiger partial charge on any atom is -0.508 e. The van der Waals surface area contributed by atoms with Gasteiger partial charge < -0.3 is 9.84 Å². The molecular formula is C15H14F3NO3S. The second-order valence-electron chi connectivity index (χ2n) is 4.88. The maximum Gasteiger partial charge on any atom is 0.434 e. The lowest BCUT2D eigenvalue weighted by atomic mass is 9.96. The standard InChI is InChI=1S/C15H14F3NO3S/c1-22-13(21)7-10(6-9-4-2-3-5-11(9)20)14-19-12(8-23-14)15(16,17)18/h2-5,8,10,20H,6-7H2,1H3. The fourth-order valence-electron chi connectivity index (χ4n) is 2.09. The average molecular weight is 345 g/mol. The second kappa shape index (κ2) is 6.99. The molecule has 0 spiro atoms. The first-order chi connectivity index (χ1) is 10.8. The summed E-state index contributed by atoms with van der Waals surface area (Å²) >= 11 is 0.842. The molecule has 4 nitrogen and oxygen atoms in total. The van der Waals surface area contributed by atoms with Crippen LogP contribution in [0.5, 0.6) is 5.75 Å². The van der Waals surface area contributed by atoms with Crippen molar-refractivity contribution in [2.75, 3.05) is 7.11 Å². The van der Waals surface area contributed by atoms with Crippen molar-refractivity contribution in [3.63, 3.8) is 0 Å². The molecule has 0 aliphatic carbocycles. The van der Waals surface area contributed by atoms with Gasteiger partial charge in [-0.15, -0.1) is 11.3 Å². The molecule has 0 aliphatic rings. The fraction of sp³-hybridized carbons (Fsp3) is 0.333. The monoisotopic (exact) mass is 345 g/mol. The van der Waals surface area contributed by atoms with Crippen LogP contribution in [0, 0.1) is 0 Å². The Balaban J connectivity index is 2.29. The van der Waals surface area contributed by atoms with Crippen molar-refractivity contribution < 1.29 is 27.8 Å². The third-order valence-electron chi connectivity index (χ3n) is 3.26. The third kappa shape index (κ3) is 4.44. The lowest BCUT2D eigenvalue weighted by molar-refractivity contribution is -0.141. The number of phenols is 1. The molecule has 1 aromatic heterocycles. The van der Waals surface area contributed by atoms with E-state index in [-0.39, 0.29) is 23.6 Å². The summed E-state index contributed by atoms with van der Waals surface area (Å²) in [5.41, 5.74) is -0.449. The second-order valence-corrected chi connectivity index (χ2v) is 5.77. The van der Waals surface area contributed by atoms with Crippen LogP contribution < -0.4 is 0 Å². The number of carbonyl (C=O) groups is 1. The van der Waals surface area contributed by atoms with Crippen LogP contribution in [0.1, 0.15) is 28.6 Å². The summed E-state index contributed by atoms with van der Waals surface area (Å²) in [5, 5.41) is 10.9. The third-order valence-corrected chi connectivity index (χ3v) is 4.27. The number of ether oxygens (including phenoxy) is 1. The molecule has 0 bridgehead atoms. The highest BCUT2D eigenvalue weighted by Gasteiger charge is 2.35. The zero-order valence-corrected chi connectivity index (χ0v) is 12.9. The average Bonchev–Trinajstić information content (AvgIpc) is 2.98. The molecule has 0 radical (unpaired) electrons. The number of para-hydroxylation sites is 1. The number of phenolic OH excluding ortho intramolecular Hbond substituents is 1. The summed E-state index contributed by atoms with van der Waals surface area (Å²) in [6.07, 6.45) is -4.46. The highest BCUT2D eigenvalue weighted by atomic mass is 32.1. The largest absolute Gasteiger partial charge is 0.508 e. The summed E-state index contributed by atoms with van der Waals surface area (Å²) in [6, 6.07) is 6.47. The Labute approximate surface area is 134 Å². The van der Waals surface area contributed by atoms with Gasteiger partial charge in [-0.2, -0.15) is 13.2 Å². The lowest BCUT2D eigenvalue weighted by Crippen LogP contribution is -2.12. The minimum absolute atomic E-state index is 0.0231. The van der Waals surface area contributed by atoms with Crippen LogP contribution in [0.2, 0.25) is 0 Å². The first kappa shape index (κ1) is 17.3. The molecule has 0 fully saturated rings. The van der Waals surface area contributed by atoms with E-state index in [1.54, 1.807) is 18.2 Å². The summed E-state index contributed by atoms with van der Waals surface area (Å²) in [7, 11) is 1.21. The molecule has 8 heteroatoms. The number of aromatic hydroxyl groups is 1. The summed E-state index contributed by atoms with van der Waals surface area (Å²) in [5.74, 6) is -1.12. The van der Waals surface area contributed by atoms with Crippen LogP contribution in [0.15, 0.2) is 29.6 Å². The number of methoxy groups -OCH3 is 1. The van der Waals surface area contributed by atoms with Crippen molar-refractivity contribution in [1.82, 2.24) is 4.98 Å². The molecule has 1 atom stereocenters. The highest BCUT2D eigenvalue weighted by Crippen LogP contribution is 2.35.